The van der Waals surface area contributed by atoms with Gasteiger partial charge in [0.2, 0.25) is 5.95 Å². The minimum atomic E-state index is 0.588. The molecule has 9 aromatic carbocycles. The third-order valence-electron chi connectivity index (χ3n) is 13.2. The third-order valence-corrected chi connectivity index (χ3v) is 13.2. The summed E-state index contributed by atoms with van der Waals surface area (Å²) < 4.78 is 8.78. The van der Waals surface area contributed by atoms with Crippen LogP contribution in [0.1, 0.15) is 18.1 Å². The van der Waals surface area contributed by atoms with Crippen molar-refractivity contribution in [2.45, 2.75) is 6.92 Å². The lowest BCUT2D eigenvalue weighted by atomic mass is 9.96. The number of hydrogen-bond donors (Lipinski definition) is 0. The predicted octanol–water partition coefficient (Wildman–Crippen LogP) is 16.8. The largest absolute Gasteiger partial charge is 0.456 e. The van der Waals surface area contributed by atoms with Gasteiger partial charge >= 0.3 is 0 Å². The smallest absolute Gasteiger partial charge is 0.235 e. The first-order valence-electron chi connectivity index (χ1n) is 22.3. The molecule has 0 aliphatic carbocycles. The lowest BCUT2D eigenvalue weighted by Crippen LogP contribution is -2.15. The van der Waals surface area contributed by atoms with E-state index in [1.54, 1.807) is 0 Å². The zero-order chi connectivity index (χ0) is 43.9. The Morgan fingerprint density at radius 2 is 1.17 bits per heavy atom. The summed E-state index contributed by atoms with van der Waals surface area (Å²) in [6, 6.07) is 67.0. The maximum absolute atomic E-state index is 6.46. The molecule has 0 unspecified atom stereocenters. The van der Waals surface area contributed by atoms with Crippen molar-refractivity contribution in [3.63, 3.8) is 0 Å². The van der Waals surface area contributed by atoms with E-state index >= 15 is 0 Å². The molecule has 0 saturated carbocycles. The Hall–Kier alpha value is -8.80. The molecule has 0 spiro atoms. The lowest BCUT2D eigenvalue weighted by molar-refractivity contribution is 0.669. The normalized spacial score (nSPS) is 12.7. The van der Waals surface area contributed by atoms with Crippen LogP contribution in [0.15, 0.2) is 211 Å². The van der Waals surface area contributed by atoms with Gasteiger partial charge in [-0.25, -0.2) is 9.97 Å². The Balaban J connectivity index is 0.994. The van der Waals surface area contributed by atoms with E-state index in [-0.39, 0.29) is 0 Å². The van der Waals surface area contributed by atoms with Crippen LogP contribution >= 0.6 is 0 Å². The molecule has 0 N–H and O–H groups in total. The molecule has 0 fully saturated rings. The Bertz CT molecular complexity index is 4030. The van der Waals surface area contributed by atoms with Gasteiger partial charge in [0.1, 0.15) is 11.2 Å². The second kappa shape index (κ2) is 14.9. The molecular formula is C61H40N4O. The fourth-order valence-electron chi connectivity index (χ4n) is 10.1. The highest BCUT2D eigenvalue weighted by Crippen LogP contribution is 2.46. The van der Waals surface area contributed by atoms with Gasteiger partial charge in [0.05, 0.1) is 33.6 Å². The van der Waals surface area contributed by atoms with Gasteiger partial charge in [-0.3, -0.25) is 4.90 Å². The van der Waals surface area contributed by atoms with E-state index in [2.05, 4.69) is 217 Å². The topological polar surface area (TPSA) is 47.1 Å². The number of furan rings is 1. The molecule has 0 atom stereocenters. The minimum absolute atomic E-state index is 0.588. The van der Waals surface area contributed by atoms with Crippen LogP contribution in [0.25, 0.3) is 117 Å². The summed E-state index contributed by atoms with van der Waals surface area (Å²) in [5, 5.41) is 7.98. The maximum atomic E-state index is 6.46. The summed E-state index contributed by atoms with van der Waals surface area (Å²) >= 11 is 0. The van der Waals surface area contributed by atoms with Crippen molar-refractivity contribution >= 4 is 101 Å². The van der Waals surface area contributed by atoms with Crippen molar-refractivity contribution in [2.24, 2.45) is 0 Å². The summed E-state index contributed by atoms with van der Waals surface area (Å²) in [5.74, 6) is 0.588. The van der Waals surface area contributed by atoms with Crippen molar-refractivity contribution in [1.29, 1.82) is 0 Å². The maximum Gasteiger partial charge on any atom is 0.235 e. The third kappa shape index (κ3) is 5.94. The Labute approximate surface area is 381 Å². The van der Waals surface area contributed by atoms with Gasteiger partial charge in [0.25, 0.3) is 0 Å². The number of rotatable bonds is 6. The average Bonchev–Trinajstić information content (AvgIpc) is 3.85. The first kappa shape index (κ1) is 37.7. The summed E-state index contributed by atoms with van der Waals surface area (Å²) in [6.45, 7) is 6.10. The number of allylic oxidation sites excluding steroid dienone is 3. The SMILES string of the molecule is C=CC=C(C)n1c2ccccc2c2cc(-c3ccc4c(c3)C=Cc3cc5oc6ccccc6c5cc3N4c3nc(-c4ccc(-c5cccc6ccccc56)cc4)c4ccccc4n3)ccc21. The zero-order valence-electron chi connectivity index (χ0n) is 36.1. The van der Waals surface area contributed by atoms with Crippen LogP contribution in [0, 0.1) is 0 Å². The van der Waals surface area contributed by atoms with Crippen molar-refractivity contribution in [2.75, 3.05) is 4.90 Å². The lowest BCUT2D eigenvalue weighted by Gasteiger charge is -2.26. The molecule has 0 radical (unpaired) electrons. The molecule has 3 aromatic heterocycles. The number of anilines is 3. The number of nitrogens with zero attached hydrogens (tertiary/aromatic N) is 4. The fraction of sp³-hybridized carbons (Fsp3) is 0.0164. The van der Waals surface area contributed by atoms with Gasteiger partial charge in [-0.1, -0.05) is 158 Å². The quantitative estimate of drug-likeness (QED) is 0.156. The monoisotopic (exact) mass is 844 g/mol. The molecule has 4 heterocycles. The Morgan fingerprint density at radius 3 is 2.03 bits per heavy atom. The number of benzene rings is 9. The van der Waals surface area contributed by atoms with E-state index < -0.39 is 0 Å². The van der Waals surface area contributed by atoms with Crippen LogP contribution in [-0.2, 0) is 0 Å². The van der Waals surface area contributed by atoms with Gasteiger partial charge in [0.15, 0.2) is 0 Å². The van der Waals surface area contributed by atoms with Crippen LogP contribution in [0.2, 0.25) is 0 Å². The summed E-state index contributed by atoms with van der Waals surface area (Å²) in [7, 11) is 0. The average molecular weight is 845 g/mol. The van der Waals surface area contributed by atoms with E-state index in [0.717, 1.165) is 94.5 Å². The molecule has 66 heavy (non-hydrogen) atoms. The van der Waals surface area contributed by atoms with E-state index in [1.165, 1.54) is 32.6 Å². The second-order valence-electron chi connectivity index (χ2n) is 17.1. The molecule has 0 saturated heterocycles. The van der Waals surface area contributed by atoms with Crippen LogP contribution in [0.4, 0.5) is 17.3 Å². The van der Waals surface area contributed by atoms with Crippen molar-refractivity contribution < 1.29 is 4.42 Å². The molecule has 5 nitrogen and oxygen atoms in total. The number of hydrogen-bond acceptors (Lipinski definition) is 4. The Kier molecular flexibility index (Phi) is 8.52. The van der Waals surface area contributed by atoms with Crippen molar-refractivity contribution in [3.05, 3.63) is 218 Å². The Morgan fingerprint density at radius 1 is 0.500 bits per heavy atom. The number of para-hydroxylation sites is 3. The van der Waals surface area contributed by atoms with Gasteiger partial charge < -0.3 is 8.98 Å². The minimum Gasteiger partial charge on any atom is -0.456 e. The summed E-state index contributed by atoms with van der Waals surface area (Å²) in [5.41, 5.74) is 16.6. The highest BCUT2D eigenvalue weighted by Gasteiger charge is 2.26. The van der Waals surface area contributed by atoms with Crippen LogP contribution in [0.3, 0.4) is 0 Å². The van der Waals surface area contributed by atoms with E-state index in [1.807, 2.05) is 18.2 Å². The molecule has 5 heteroatoms. The van der Waals surface area contributed by atoms with Gasteiger partial charge in [-0.15, -0.1) is 0 Å². The summed E-state index contributed by atoms with van der Waals surface area (Å²) in [6.07, 6.45) is 8.33. The molecule has 310 valence electrons. The first-order chi connectivity index (χ1) is 32.6. The molecule has 13 rings (SSSR count). The fourth-order valence-corrected chi connectivity index (χ4v) is 10.1. The first-order valence-corrected chi connectivity index (χ1v) is 22.3. The van der Waals surface area contributed by atoms with Crippen LogP contribution in [0.5, 0.6) is 0 Å². The molecule has 1 aliphatic rings. The van der Waals surface area contributed by atoms with Gasteiger partial charge in [0, 0.05) is 43.8 Å². The highest BCUT2D eigenvalue weighted by atomic mass is 16.3. The van der Waals surface area contributed by atoms with E-state index in [9.17, 15) is 0 Å². The predicted molar refractivity (Wildman–Crippen MR) is 277 cm³/mol. The molecule has 0 amide bonds. The molecule has 12 aromatic rings. The standard InChI is InChI=1S/C61H40N4O/c1-3-13-38(2)64-55-22-10-7-17-48(55)51-35-43(31-33-56(51)64)42-30-32-54-44(34-42)28-29-45-36-59-52(49-18-8-11-23-58(49)66-59)37-57(45)65(54)61-62-53-21-9-6-19-50(53)60(63-61)41-26-24-40(25-27-41)47-20-12-15-39-14-4-5-16-46(39)47/h3-37H,1H2,2H3. The van der Waals surface area contributed by atoms with Crippen molar-refractivity contribution in [1.82, 2.24) is 14.5 Å². The zero-order valence-corrected chi connectivity index (χ0v) is 36.1. The summed E-state index contributed by atoms with van der Waals surface area (Å²) in [4.78, 5) is 13.2. The number of fused-ring (bicyclic) bond motifs is 10. The second-order valence-corrected chi connectivity index (χ2v) is 17.1. The van der Waals surface area contributed by atoms with Gasteiger partial charge in [-0.2, -0.15) is 0 Å². The molecular weight excluding hydrogens is 805 g/mol. The highest BCUT2D eigenvalue weighted by molar-refractivity contribution is 6.12. The van der Waals surface area contributed by atoms with Crippen molar-refractivity contribution in [3.8, 4) is 33.5 Å². The van der Waals surface area contributed by atoms with E-state index in [4.69, 9.17) is 14.4 Å². The van der Waals surface area contributed by atoms with E-state index in [0.29, 0.717) is 5.95 Å². The number of aromatic nitrogens is 3. The van der Waals surface area contributed by atoms with Gasteiger partial charge in [-0.05, 0) is 106 Å². The molecule has 0 bridgehead atoms. The van der Waals surface area contributed by atoms with Crippen LogP contribution < -0.4 is 4.90 Å². The molecule has 1 aliphatic heterocycles. The van der Waals surface area contributed by atoms with Crippen LogP contribution in [-0.4, -0.2) is 14.5 Å².